The van der Waals surface area contributed by atoms with Crippen molar-refractivity contribution in [2.24, 2.45) is 5.41 Å². The van der Waals surface area contributed by atoms with E-state index in [-0.39, 0.29) is 19.1 Å². The van der Waals surface area contributed by atoms with Gasteiger partial charge in [-0.1, -0.05) is 13.8 Å². The van der Waals surface area contributed by atoms with Gasteiger partial charge in [0.25, 0.3) is 5.91 Å². The standard InChI is InChI=1S/C16H20N2O4/c1-3-16(4-2,15(20)21)11-18-14(19)10-22-13-7-5-12(9-17)6-8-13/h5-8H,3-4,10-11H2,1-2H3,(H,18,19)(H,20,21). The average molecular weight is 304 g/mol. The maximum absolute atomic E-state index is 11.8. The zero-order valence-electron chi connectivity index (χ0n) is 12.8. The fraction of sp³-hybridized carbons (Fsp3) is 0.438. The summed E-state index contributed by atoms with van der Waals surface area (Å²) in [7, 11) is 0. The first kappa shape index (κ1) is 17.5. The molecular formula is C16H20N2O4. The maximum Gasteiger partial charge on any atom is 0.311 e. The van der Waals surface area contributed by atoms with E-state index in [9.17, 15) is 14.7 Å². The first-order valence-electron chi connectivity index (χ1n) is 7.10. The Morgan fingerprint density at radius 2 is 1.86 bits per heavy atom. The Morgan fingerprint density at radius 3 is 2.32 bits per heavy atom. The van der Waals surface area contributed by atoms with Crippen LogP contribution in [0.25, 0.3) is 0 Å². The number of nitrogens with one attached hydrogen (secondary N) is 1. The number of hydrogen-bond donors (Lipinski definition) is 2. The third-order valence-corrected chi connectivity index (χ3v) is 3.78. The van der Waals surface area contributed by atoms with Crippen LogP contribution in [0.2, 0.25) is 0 Å². The van der Waals surface area contributed by atoms with E-state index < -0.39 is 11.4 Å². The lowest BCUT2D eigenvalue weighted by Gasteiger charge is -2.26. The molecule has 0 radical (unpaired) electrons. The number of amides is 1. The van der Waals surface area contributed by atoms with Crippen molar-refractivity contribution in [1.82, 2.24) is 5.32 Å². The van der Waals surface area contributed by atoms with Crippen molar-refractivity contribution in [1.29, 1.82) is 5.26 Å². The van der Waals surface area contributed by atoms with Crippen molar-refractivity contribution in [3.8, 4) is 11.8 Å². The van der Waals surface area contributed by atoms with Gasteiger partial charge < -0.3 is 15.2 Å². The summed E-state index contributed by atoms with van der Waals surface area (Å²) < 4.78 is 5.29. The molecule has 0 bridgehead atoms. The number of carbonyl (C=O) groups is 2. The first-order valence-corrected chi connectivity index (χ1v) is 7.10. The van der Waals surface area contributed by atoms with Crippen LogP contribution in [0.4, 0.5) is 0 Å². The van der Waals surface area contributed by atoms with Crippen molar-refractivity contribution >= 4 is 11.9 Å². The number of hydrogen-bond acceptors (Lipinski definition) is 4. The van der Waals surface area contributed by atoms with Crippen LogP contribution in [0, 0.1) is 16.7 Å². The Hall–Kier alpha value is -2.55. The predicted octanol–water partition coefficient (Wildman–Crippen LogP) is 1.94. The van der Waals surface area contributed by atoms with Gasteiger partial charge in [-0.15, -0.1) is 0 Å². The summed E-state index contributed by atoms with van der Waals surface area (Å²) in [4.78, 5) is 23.1. The highest BCUT2D eigenvalue weighted by atomic mass is 16.5. The predicted molar refractivity (Wildman–Crippen MR) is 80.3 cm³/mol. The van der Waals surface area contributed by atoms with Crippen LogP contribution < -0.4 is 10.1 Å². The van der Waals surface area contributed by atoms with E-state index in [4.69, 9.17) is 10.00 Å². The van der Waals surface area contributed by atoms with E-state index in [1.165, 1.54) is 0 Å². The molecule has 22 heavy (non-hydrogen) atoms. The third-order valence-electron chi connectivity index (χ3n) is 3.78. The summed E-state index contributed by atoms with van der Waals surface area (Å²) in [6, 6.07) is 8.38. The fourth-order valence-electron chi connectivity index (χ4n) is 1.97. The molecule has 2 N–H and O–H groups in total. The Morgan fingerprint density at radius 1 is 1.27 bits per heavy atom. The molecule has 0 aliphatic rings. The van der Waals surface area contributed by atoms with Crippen LogP contribution in [-0.4, -0.2) is 30.1 Å². The summed E-state index contributed by atoms with van der Waals surface area (Å²) in [6.45, 7) is 3.45. The lowest BCUT2D eigenvalue weighted by Crippen LogP contribution is -2.43. The summed E-state index contributed by atoms with van der Waals surface area (Å²) in [5, 5.41) is 20.6. The Bertz CT molecular complexity index is 557. The number of aliphatic carboxylic acids is 1. The molecule has 1 aromatic carbocycles. The topological polar surface area (TPSA) is 99.4 Å². The van der Waals surface area contributed by atoms with Crippen LogP contribution in [0.1, 0.15) is 32.3 Å². The minimum Gasteiger partial charge on any atom is -0.484 e. The van der Waals surface area contributed by atoms with Gasteiger partial charge in [0.15, 0.2) is 6.61 Å². The quantitative estimate of drug-likeness (QED) is 0.764. The number of rotatable bonds is 8. The van der Waals surface area contributed by atoms with Crippen molar-refractivity contribution in [2.75, 3.05) is 13.2 Å². The molecule has 0 fully saturated rings. The molecule has 6 heteroatoms. The van der Waals surface area contributed by atoms with Gasteiger partial charge in [-0.2, -0.15) is 5.26 Å². The van der Waals surface area contributed by atoms with Crippen molar-refractivity contribution in [3.63, 3.8) is 0 Å². The number of carboxylic acids is 1. The first-order chi connectivity index (χ1) is 10.5. The second-order valence-electron chi connectivity index (χ2n) is 4.99. The van der Waals surface area contributed by atoms with Gasteiger partial charge in [0.2, 0.25) is 0 Å². The molecule has 0 unspecified atom stereocenters. The molecule has 0 atom stereocenters. The van der Waals surface area contributed by atoms with Crippen molar-refractivity contribution in [2.45, 2.75) is 26.7 Å². The van der Waals surface area contributed by atoms with Gasteiger partial charge in [-0.05, 0) is 37.1 Å². The summed E-state index contributed by atoms with van der Waals surface area (Å²) >= 11 is 0. The molecule has 1 aromatic rings. The normalized spacial score (nSPS) is 10.6. The number of nitrogens with zero attached hydrogens (tertiary/aromatic N) is 1. The van der Waals surface area contributed by atoms with Gasteiger partial charge in [0, 0.05) is 6.54 Å². The van der Waals surface area contributed by atoms with E-state index in [1.807, 2.05) is 6.07 Å². The van der Waals surface area contributed by atoms with Crippen LogP contribution in [0.3, 0.4) is 0 Å². The molecule has 118 valence electrons. The monoisotopic (exact) mass is 304 g/mol. The highest BCUT2D eigenvalue weighted by Gasteiger charge is 2.35. The molecule has 0 spiro atoms. The van der Waals surface area contributed by atoms with Gasteiger partial charge in [-0.3, -0.25) is 9.59 Å². The summed E-state index contributed by atoms with van der Waals surface area (Å²) in [5.41, 5.74) is -0.432. The third kappa shape index (κ3) is 4.48. The number of nitriles is 1. The van der Waals surface area contributed by atoms with E-state index in [1.54, 1.807) is 38.1 Å². The van der Waals surface area contributed by atoms with Crippen molar-refractivity contribution in [3.05, 3.63) is 29.8 Å². The molecule has 6 nitrogen and oxygen atoms in total. The molecule has 1 rings (SSSR count). The molecule has 0 aliphatic heterocycles. The second-order valence-corrected chi connectivity index (χ2v) is 4.99. The molecular weight excluding hydrogens is 284 g/mol. The summed E-state index contributed by atoms with van der Waals surface area (Å²) in [5.74, 6) is -0.813. The average Bonchev–Trinajstić information content (AvgIpc) is 2.54. The number of ether oxygens (including phenoxy) is 1. The zero-order chi connectivity index (χ0) is 16.6. The Balaban J connectivity index is 2.49. The molecule has 1 amide bonds. The summed E-state index contributed by atoms with van der Waals surface area (Å²) in [6.07, 6.45) is 0.880. The largest absolute Gasteiger partial charge is 0.484 e. The van der Waals surface area contributed by atoms with Gasteiger partial charge in [0.1, 0.15) is 5.75 Å². The number of carbonyl (C=O) groups excluding carboxylic acids is 1. The Labute approximate surface area is 129 Å². The highest BCUT2D eigenvalue weighted by molar-refractivity contribution is 5.80. The van der Waals surface area contributed by atoms with Gasteiger partial charge in [0.05, 0.1) is 17.0 Å². The van der Waals surface area contributed by atoms with Gasteiger partial charge >= 0.3 is 5.97 Å². The molecule has 0 saturated carbocycles. The Kier molecular flexibility index (Phi) is 6.39. The molecule has 0 heterocycles. The van der Waals surface area contributed by atoms with E-state index in [0.717, 1.165) is 0 Å². The second kappa shape index (κ2) is 8.03. The molecule has 0 aliphatic carbocycles. The smallest absolute Gasteiger partial charge is 0.311 e. The van der Waals surface area contributed by atoms with E-state index >= 15 is 0 Å². The van der Waals surface area contributed by atoms with Crippen LogP contribution >= 0.6 is 0 Å². The van der Waals surface area contributed by atoms with Crippen LogP contribution in [0.5, 0.6) is 5.75 Å². The van der Waals surface area contributed by atoms with E-state index in [2.05, 4.69) is 5.32 Å². The maximum atomic E-state index is 11.8. The van der Waals surface area contributed by atoms with Crippen LogP contribution in [-0.2, 0) is 9.59 Å². The minimum atomic E-state index is -0.940. The lowest BCUT2D eigenvalue weighted by atomic mass is 9.82. The van der Waals surface area contributed by atoms with E-state index in [0.29, 0.717) is 24.2 Å². The minimum absolute atomic E-state index is 0.0743. The van der Waals surface area contributed by atoms with Crippen LogP contribution in [0.15, 0.2) is 24.3 Å². The number of benzene rings is 1. The number of carboxylic acid groups (broad SMARTS) is 1. The van der Waals surface area contributed by atoms with Crippen molar-refractivity contribution < 1.29 is 19.4 Å². The SMILES string of the molecule is CCC(CC)(CNC(=O)COc1ccc(C#N)cc1)C(=O)O. The fourth-order valence-corrected chi connectivity index (χ4v) is 1.97. The molecule has 0 saturated heterocycles. The highest BCUT2D eigenvalue weighted by Crippen LogP contribution is 2.25. The molecule has 0 aromatic heterocycles. The lowest BCUT2D eigenvalue weighted by molar-refractivity contribution is -0.149. The van der Waals surface area contributed by atoms with Gasteiger partial charge in [-0.25, -0.2) is 0 Å². The zero-order valence-corrected chi connectivity index (χ0v) is 12.8.